The van der Waals surface area contributed by atoms with Gasteiger partial charge in [0, 0.05) is 6.61 Å². The van der Waals surface area contributed by atoms with Crippen molar-refractivity contribution < 1.29 is 14.6 Å². The number of rotatable bonds is 0. The van der Waals surface area contributed by atoms with E-state index in [4.69, 9.17) is 5.11 Å². The Morgan fingerprint density at radius 1 is 1.43 bits per heavy atom. The molecular weight excluding hydrogens is 331 g/mol. The van der Waals surface area contributed by atoms with Gasteiger partial charge in [0.2, 0.25) is 0 Å². The Balaban J connectivity index is 0. The zero-order valence-electron chi connectivity index (χ0n) is 3.74. The molecule has 0 heterocycles. The van der Waals surface area contributed by atoms with Crippen LogP contribution in [-0.2, 0) is 9.46 Å². The topological polar surface area (TPSA) is 20.2 Å². The molecule has 0 spiro atoms. The molecule has 0 radical (unpaired) electrons. The van der Waals surface area contributed by atoms with E-state index in [-0.39, 0.29) is 6.61 Å². The summed E-state index contributed by atoms with van der Waals surface area (Å²) in [6, 6.07) is 0. The van der Waals surface area contributed by atoms with Crippen molar-refractivity contribution in [2.24, 2.45) is 0 Å². The second-order valence-corrected chi connectivity index (χ2v) is 21.7. The fourth-order valence-corrected chi connectivity index (χ4v) is 0. The first-order chi connectivity index (χ1) is 3.15. The molecule has 0 saturated heterocycles. The van der Waals surface area contributed by atoms with Gasteiger partial charge in [-0.05, 0) is 6.92 Å². The molecule has 0 rings (SSSR count). The Morgan fingerprint density at radius 2 is 1.43 bits per heavy atom. The van der Waals surface area contributed by atoms with Crippen LogP contribution in [0.1, 0.15) is 6.92 Å². The van der Waals surface area contributed by atoms with E-state index in [2.05, 4.69) is 41.4 Å². The molecule has 0 aromatic rings. The molecule has 0 aromatic carbocycles. The van der Waals surface area contributed by atoms with Crippen molar-refractivity contribution in [3.05, 3.63) is 0 Å². The predicted octanol–water partition coefficient (Wildman–Crippen LogP) is 2.53. The van der Waals surface area contributed by atoms with Crippen LogP contribution in [-0.4, -0.2) is 11.7 Å². The quantitative estimate of drug-likeness (QED) is 0.721. The molecular formula is C2H6Br3OV. The zero-order chi connectivity index (χ0) is 6.28. The number of hydrogen-bond acceptors (Lipinski definition) is 1. The summed E-state index contributed by atoms with van der Waals surface area (Å²) in [5.74, 6) is 0. The van der Waals surface area contributed by atoms with Gasteiger partial charge in [0.1, 0.15) is 0 Å². The third kappa shape index (κ3) is 72.6. The molecule has 0 unspecified atom stereocenters. The fourth-order valence-electron chi connectivity index (χ4n) is 0. The van der Waals surface area contributed by atoms with E-state index < -0.39 is 9.46 Å². The summed E-state index contributed by atoms with van der Waals surface area (Å²) < 4.78 is 0. The van der Waals surface area contributed by atoms with Crippen LogP contribution in [0.25, 0.3) is 0 Å². The van der Waals surface area contributed by atoms with Crippen molar-refractivity contribution in [1.82, 2.24) is 0 Å². The standard InChI is InChI=1S/C2H6O.3BrH.V/c1-2-3;;;;/h3H,2H2,1H3;3*1H;/q;;;;+3/p-3. The molecule has 0 fully saturated rings. The first-order valence-electron chi connectivity index (χ1n) is 1.53. The van der Waals surface area contributed by atoms with Crippen molar-refractivity contribution in [3.8, 4) is 0 Å². The third-order valence-electron chi connectivity index (χ3n) is 0. The molecule has 1 N–H and O–H groups in total. The van der Waals surface area contributed by atoms with Gasteiger partial charge in [-0.25, -0.2) is 0 Å². The molecule has 0 aromatic heterocycles. The monoisotopic (exact) mass is 334 g/mol. The molecule has 0 amide bonds. The average molecular weight is 337 g/mol. The number of hydrogen-bond donors (Lipinski definition) is 1. The van der Waals surface area contributed by atoms with E-state index in [1.807, 2.05) is 0 Å². The van der Waals surface area contributed by atoms with E-state index in [0.717, 1.165) is 0 Å². The number of halogens is 3. The molecule has 0 aliphatic rings. The van der Waals surface area contributed by atoms with Crippen LogP contribution in [0.4, 0.5) is 0 Å². The van der Waals surface area contributed by atoms with Gasteiger partial charge in [0.15, 0.2) is 0 Å². The molecule has 0 aliphatic carbocycles. The van der Waals surface area contributed by atoms with Crippen molar-refractivity contribution in [3.63, 3.8) is 0 Å². The van der Waals surface area contributed by atoms with Gasteiger partial charge >= 0.3 is 50.9 Å². The Morgan fingerprint density at radius 3 is 1.43 bits per heavy atom. The van der Waals surface area contributed by atoms with Crippen molar-refractivity contribution >= 4 is 41.4 Å². The Kier molecular flexibility index (Phi) is 18.2. The molecule has 0 aliphatic heterocycles. The van der Waals surface area contributed by atoms with E-state index in [1.165, 1.54) is 0 Å². The van der Waals surface area contributed by atoms with Crippen LogP contribution in [0.5, 0.6) is 0 Å². The molecule has 5 heteroatoms. The molecule has 7 heavy (non-hydrogen) atoms. The number of aliphatic hydroxyl groups excluding tert-OH is 1. The van der Waals surface area contributed by atoms with Gasteiger partial charge in [0.05, 0.1) is 0 Å². The van der Waals surface area contributed by atoms with E-state index >= 15 is 0 Å². The predicted molar refractivity (Wildman–Crippen MR) is 39.5 cm³/mol. The molecule has 46 valence electrons. The summed E-state index contributed by atoms with van der Waals surface area (Å²) in [5, 5.41) is 7.57. The normalized spacial score (nSPS) is 7.71. The molecule has 0 atom stereocenters. The second kappa shape index (κ2) is 10.9. The summed E-state index contributed by atoms with van der Waals surface area (Å²) in [6.07, 6.45) is 0. The summed E-state index contributed by atoms with van der Waals surface area (Å²) in [7, 11) is -0.750. The molecule has 1 nitrogen and oxygen atoms in total. The van der Waals surface area contributed by atoms with Crippen LogP contribution in [0.3, 0.4) is 0 Å². The SMILES string of the molecule is CCO.[Br][V]([Br])[Br]. The first-order valence-corrected chi connectivity index (χ1v) is 11.9. The van der Waals surface area contributed by atoms with Crippen LogP contribution in [0, 0.1) is 0 Å². The maximum atomic E-state index is 7.57. The summed E-state index contributed by atoms with van der Waals surface area (Å²) in [6.45, 7) is 1.93. The maximum absolute atomic E-state index is 7.57. The van der Waals surface area contributed by atoms with Gasteiger partial charge < -0.3 is 5.11 Å². The van der Waals surface area contributed by atoms with Gasteiger partial charge in [-0.3, -0.25) is 0 Å². The van der Waals surface area contributed by atoms with Crippen molar-refractivity contribution in [2.45, 2.75) is 6.92 Å². The van der Waals surface area contributed by atoms with Crippen LogP contribution >= 0.6 is 41.4 Å². The van der Waals surface area contributed by atoms with Crippen molar-refractivity contribution in [2.75, 3.05) is 6.61 Å². The molecule has 0 saturated carbocycles. The summed E-state index contributed by atoms with van der Waals surface area (Å²) in [5.41, 5.74) is 0. The van der Waals surface area contributed by atoms with Gasteiger partial charge in [-0.1, -0.05) is 0 Å². The van der Waals surface area contributed by atoms with Gasteiger partial charge in [-0.15, -0.1) is 0 Å². The number of aliphatic hydroxyl groups is 1. The molecule has 0 bridgehead atoms. The van der Waals surface area contributed by atoms with E-state index in [1.54, 1.807) is 6.92 Å². The Labute approximate surface area is 68.8 Å². The minimum atomic E-state index is -0.750. The third-order valence-corrected chi connectivity index (χ3v) is 0. The first kappa shape index (κ1) is 11.7. The van der Waals surface area contributed by atoms with Crippen LogP contribution < -0.4 is 0 Å². The Bertz CT molecular complexity index is 24.1. The zero-order valence-corrected chi connectivity index (χ0v) is 9.89. The summed E-state index contributed by atoms with van der Waals surface area (Å²) in [4.78, 5) is 0. The van der Waals surface area contributed by atoms with E-state index in [0.29, 0.717) is 0 Å². The van der Waals surface area contributed by atoms with Crippen LogP contribution in [0.2, 0.25) is 0 Å². The average Bonchev–Trinajstić information content (AvgIpc) is 1.33. The van der Waals surface area contributed by atoms with Crippen LogP contribution in [0.15, 0.2) is 0 Å². The minimum absolute atomic E-state index is 0.250. The van der Waals surface area contributed by atoms with Gasteiger partial charge in [0.25, 0.3) is 0 Å². The fraction of sp³-hybridized carbons (Fsp3) is 1.00. The second-order valence-electron chi connectivity index (χ2n) is 0.508. The van der Waals surface area contributed by atoms with E-state index in [9.17, 15) is 0 Å². The van der Waals surface area contributed by atoms with Crippen molar-refractivity contribution in [1.29, 1.82) is 0 Å². The van der Waals surface area contributed by atoms with Gasteiger partial charge in [-0.2, -0.15) is 0 Å². The Hall–Kier alpha value is 1.98. The summed E-state index contributed by atoms with van der Waals surface area (Å²) >= 11 is 9.75.